The number of aliphatic hydroxyl groups excluding tert-OH is 1. The fourth-order valence-corrected chi connectivity index (χ4v) is 6.28. The highest BCUT2D eigenvalue weighted by molar-refractivity contribution is 7.21. The number of anilines is 2. The fourth-order valence-electron chi connectivity index (χ4n) is 5.20. The number of benzene rings is 2. The summed E-state index contributed by atoms with van der Waals surface area (Å²) in [7, 11) is 1.64. The van der Waals surface area contributed by atoms with Gasteiger partial charge < -0.3 is 25.4 Å². The van der Waals surface area contributed by atoms with Crippen molar-refractivity contribution < 1.29 is 19.4 Å². The molecular formula is C28H30N4O4S. The number of carbonyl (C=O) groups excluding carboxylic acids is 2. The molecule has 2 aromatic heterocycles. The summed E-state index contributed by atoms with van der Waals surface area (Å²) in [6.45, 7) is 2.36. The maximum absolute atomic E-state index is 13.3. The molecule has 2 aromatic carbocycles. The fraction of sp³-hybridized carbons (Fsp3) is 0.357. The number of aliphatic hydroxyl groups is 1. The van der Waals surface area contributed by atoms with Crippen LogP contribution in [0.5, 0.6) is 0 Å². The van der Waals surface area contributed by atoms with Crippen molar-refractivity contribution in [3.05, 3.63) is 59.1 Å². The lowest BCUT2D eigenvalue weighted by Crippen LogP contribution is -2.37. The molecule has 3 N–H and O–H groups in total. The molecule has 1 saturated carbocycles. The predicted octanol–water partition coefficient (Wildman–Crippen LogP) is 4.85. The summed E-state index contributed by atoms with van der Waals surface area (Å²) in [5.41, 5.74) is 3.59. The zero-order valence-corrected chi connectivity index (χ0v) is 21.7. The summed E-state index contributed by atoms with van der Waals surface area (Å²) < 4.78 is 8.17. The smallest absolute Gasteiger partial charge is 0.326 e. The van der Waals surface area contributed by atoms with E-state index in [1.165, 1.54) is 11.3 Å². The molecule has 1 aliphatic heterocycles. The Morgan fingerprint density at radius 3 is 2.73 bits per heavy atom. The average Bonchev–Trinajstić information content (AvgIpc) is 3.30. The number of aromatic nitrogens is 1. The number of ether oxygens (including phenoxy) is 1. The van der Waals surface area contributed by atoms with Gasteiger partial charge in [0.25, 0.3) is 5.91 Å². The first-order chi connectivity index (χ1) is 17.9. The third kappa shape index (κ3) is 4.47. The van der Waals surface area contributed by atoms with Crippen molar-refractivity contribution >= 4 is 55.6 Å². The van der Waals surface area contributed by atoms with Gasteiger partial charge in [-0.2, -0.15) is 0 Å². The monoisotopic (exact) mass is 518 g/mol. The van der Waals surface area contributed by atoms with E-state index >= 15 is 0 Å². The molecule has 1 saturated heterocycles. The van der Waals surface area contributed by atoms with E-state index in [1.54, 1.807) is 16.6 Å². The van der Waals surface area contributed by atoms with Crippen LogP contribution in [0.25, 0.3) is 21.0 Å². The van der Waals surface area contributed by atoms with Gasteiger partial charge in [-0.3, -0.25) is 9.36 Å². The van der Waals surface area contributed by atoms with Crippen LogP contribution in [0, 0.1) is 6.92 Å². The molecule has 0 bridgehead atoms. The summed E-state index contributed by atoms with van der Waals surface area (Å²) in [5, 5.41) is 18.3. The van der Waals surface area contributed by atoms with Crippen LogP contribution < -0.4 is 10.6 Å². The molecule has 2 amide bonds. The van der Waals surface area contributed by atoms with Gasteiger partial charge in [0.2, 0.25) is 0 Å². The lowest BCUT2D eigenvalue weighted by Gasteiger charge is -2.21. The molecule has 4 aromatic rings. The van der Waals surface area contributed by atoms with Crippen molar-refractivity contribution in [1.82, 2.24) is 14.8 Å². The number of aryl methyl sites for hydroxylation is 1. The Balaban J connectivity index is 1.27. The van der Waals surface area contributed by atoms with Crippen molar-refractivity contribution in [2.45, 2.75) is 44.4 Å². The predicted molar refractivity (Wildman–Crippen MR) is 146 cm³/mol. The van der Waals surface area contributed by atoms with Crippen molar-refractivity contribution in [1.29, 1.82) is 0 Å². The van der Waals surface area contributed by atoms with E-state index in [1.807, 2.05) is 55.5 Å². The molecule has 8 nitrogen and oxygen atoms in total. The lowest BCUT2D eigenvalue weighted by molar-refractivity contribution is 0.0652. The van der Waals surface area contributed by atoms with Crippen molar-refractivity contribution in [3.63, 3.8) is 0 Å². The Bertz CT molecular complexity index is 1500. The molecule has 2 atom stereocenters. The summed E-state index contributed by atoms with van der Waals surface area (Å²) in [6.07, 6.45) is 2.68. The number of carbonyl (C=O) groups is 2. The highest BCUT2D eigenvalue weighted by atomic mass is 32.1. The van der Waals surface area contributed by atoms with Gasteiger partial charge in [-0.25, -0.2) is 4.79 Å². The third-order valence-corrected chi connectivity index (χ3v) is 8.48. The quantitative estimate of drug-likeness (QED) is 0.339. The first-order valence-electron chi connectivity index (χ1n) is 12.6. The van der Waals surface area contributed by atoms with Crippen LogP contribution in [-0.4, -0.2) is 65.0 Å². The van der Waals surface area contributed by atoms with E-state index in [0.29, 0.717) is 23.9 Å². The standard InChI is InChI=1S/C28H30N4O4S/c1-16-10-18-11-20(8-9-24(18)32(16)28(35)30-19-6-7-19)29-23-5-3-4-17-12-25(37-26(17)23)27(34)31-14-22(36-2)13-21(31)15-33/h3-5,8-12,19,21-22,29,33H,6-7,13-15H2,1-2H3,(H,30,35)/t21-,22+/m0/s1. The van der Waals surface area contributed by atoms with Crippen LogP contribution in [0.15, 0.2) is 48.5 Å². The second-order valence-electron chi connectivity index (χ2n) is 9.97. The SMILES string of the molecule is CO[C@@H]1C[C@@H](CO)N(C(=O)c2cc3cccc(Nc4ccc5c(c4)cc(C)n5C(=O)NC4CC4)c3s2)C1. The van der Waals surface area contributed by atoms with Crippen molar-refractivity contribution in [3.8, 4) is 0 Å². The van der Waals surface area contributed by atoms with Gasteiger partial charge in [-0.15, -0.1) is 11.3 Å². The summed E-state index contributed by atoms with van der Waals surface area (Å²) in [4.78, 5) is 28.4. The molecular weight excluding hydrogens is 488 g/mol. The summed E-state index contributed by atoms with van der Waals surface area (Å²) in [6, 6.07) is 15.9. The average molecular weight is 519 g/mol. The molecule has 6 rings (SSSR count). The molecule has 2 fully saturated rings. The lowest BCUT2D eigenvalue weighted by atomic mass is 10.2. The van der Waals surface area contributed by atoms with Crippen LogP contribution in [0.4, 0.5) is 16.2 Å². The Labute approximate surface area is 218 Å². The molecule has 3 heterocycles. The maximum Gasteiger partial charge on any atom is 0.326 e. The number of rotatable bonds is 6. The topological polar surface area (TPSA) is 95.8 Å². The zero-order chi connectivity index (χ0) is 25.7. The molecule has 1 aliphatic carbocycles. The molecule has 37 heavy (non-hydrogen) atoms. The number of hydrogen-bond donors (Lipinski definition) is 3. The van der Waals surface area contributed by atoms with Gasteiger partial charge in [0.15, 0.2) is 0 Å². The van der Waals surface area contributed by atoms with Gasteiger partial charge in [-0.1, -0.05) is 12.1 Å². The minimum Gasteiger partial charge on any atom is -0.394 e. The number of amides is 2. The number of nitrogens with zero attached hydrogens (tertiary/aromatic N) is 2. The third-order valence-electron chi connectivity index (χ3n) is 7.31. The zero-order valence-electron chi connectivity index (χ0n) is 20.9. The number of nitrogens with one attached hydrogen (secondary N) is 2. The summed E-state index contributed by atoms with van der Waals surface area (Å²) >= 11 is 1.45. The second-order valence-corrected chi connectivity index (χ2v) is 11.0. The number of hydrogen-bond acceptors (Lipinski definition) is 6. The molecule has 2 aliphatic rings. The van der Waals surface area contributed by atoms with Crippen LogP contribution in [0.2, 0.25) is 0 Å². The minimum absolute atomic E-state index is 0.0547. The van der Waals surface area contributed by atoms with E-state index in [2.05, 4.69) is 10.6 Å². The summed E-state index contributed by atoms with van der Waals surface area (Å²) in [5.74, 6) is -0.0755. The number of methoxy groups -OCH3 is 1. The Morgan fingerprint density at radius 2 is 1.97 bits per heavy atom. The van der Waals surface area contributed by atoms with Crippen LogP contribution in [0.3, 0.4) is 0 Å². The molecule has 0 unspecified atom stereocenters. The van der Waals surface area contributed by atoms with Gasteiger partial charge in [0, 0.05) is 36.5 Å². The molecule has 0 radical (unpaired) electrons. The Morgan fingerprint density at radius 1 is 1.14 bits per heavy atom. The molecule has 9 heteroatoms. The van der Waals surface area contributed by atoms with E-state index in [0.717, 1.165) is 50.9 Å². The Hall–Kier alpha value is -3.40. The largest absolute Gasteiger partial charge is 0.394 e. The van der Waals surface area contributed by atoms with Gasteiger partial charge in [-0.05, 0) is 68.0 Å². The normalized spacial score (nSPS) is 19.6. The van der Waals surface area contributed by atoms with Gasteiger partial charge in [0.1, 0.15) is 0 Å². The first kappa shape index (κ1) is 24.0. The van der Waals surface area contributed by atoms with E-state index in [-0.39, 0.29) is 30.7 Å². The number of thiophene rings is 1. The van der Waals surface area contributed by atoms with E-state index in [9.17, 15) is 14.7 Å². The number of likely N-dealkylation sites (tertiary alicyclic amines) is 1. The minimum atomic E-state index is -0.228. The van der Waals surface area contributed by atoms with E-state index in [4.69, 9.17) is 4.74 Å². The van der Waals surface area contributed by atoms with Crippen LogP contribution >= 0.6 is 11.3 Å². The first-order valence-corrected chi connectivity index (χ1v) is 13.4. The van der Waals surface area contributed by atoms with Crippen LogP contribution in [-0.2, 0) is 4.74 Å². The highest BCUT2D eigenvalue weighted by Gasteiger charge is 2.36. The molecule has 192 valence electrons. The highest BCUT2D eigenvalue weighted by Crippen LogP contribution is 2.36. The van der Waals surface area contributed by atoms with Gasteiger partial charge >= 0.3 is 6.03 Å². The maximum atomic E-state index is 13.3. The van der Waals surface area contributed by atoms with Crippen molar-refractivity contribution in [2.24, 2.45) is 0 Å². The van der Waals surface area contributed by atoms with Crippen LogP contribution in [0.1, 0.15) is 34.6 Å². The van der Waals surface area contributed by atoms with Gasteiger partial charge in [0.05, 0.1) is 39.5 Å². The second kappa shape index (κ2) is 9.48. The van der Waals surface area contributed by atoms with Crippen molar-refractivity contribution in [2.75, 3.05) is 25.6 Å². The number of fused-ring (bicyclic) bond motifs is 2. The molecule has 0 spiro atoms. The Kier molecular flexibility index (Phi) is 6.14. The van der Waals surface area contributed by atoms with E-state index < -0.39 is 0 Å².